The molecule has 2 aromatic heterocycles. The van der Waals surface area contributed by atoms with E-state index < -0.39 is 10.0 Å². The Labute approximate surface area is 122 Å². The number of aromatic nitrogens is 2. The number of halogens is 2. The number of H-pyrrole nitrogens is 1. The summed E-state index contributed by atoms with van der Waals surface area (Å²) in [5, 5.41) is 6.80. The molecular weight excluding hydrogens is 362 g/mol. The quantitative estimate of drug-likeness (QED) is 0.869. The van der Waals surface area contributed by atoms with Crippen LogP contribution in [0, 0.1) is 0 Å². The van der Waals surface area contributed by atoms with Gasteiger partial charge >= 0.3 is 0 Å². The first kappa shape index (κ1) is 14.0. The van der Waals surface area contributed by atoms with E-state index in [1.54, 1.807) is 19.3 Å². The normalized spacial score (nSPS) is 13.7. The topological polar surface area (TPSA) is 74.8 Å². The van der Waals surface area contributed by atoms with Gasteiger partial charge in [0, 0.05) is 17.8 Å². The van der Waals surface area contributed by atoms with Crippen molar-refractivity contribution >= 4 is 48.9 Å². The smallest absolute Gasteiger partial charge is 0.250 e. The molecule has 0 radical (unpaired) electrons. The molecule has 0 bridgehead atoms. The molecule has 0 fully saturated rings. The van der Waals surface area contributed by atoms with E-state index in [4.69, 9.17) is 11.6 Å². The molecule has 1 unspecified atom stereocenters. The Morgan fingerprint density at radius 1 is 1.61 bits per heavy atom. The lowest BCUT2D eigenvalue weighted by Gasteiger charge is -2.11. The van der Waals surface area contributed by atoms with E-state index in [2.05, 4.69) is 30.8 Å². The van der Waals surface area contributed by atoms with Crippen molar-refractivity contribution in [2.45, 2.75) is 17.2 Å². The summed E-state index contributed by atoms with van der Waals surface area (Å²) >= 11 is 10.1. The molecule has 0 aromatic carbocycles. The van der Waals surface area contributed by atoms with Crippen LogP contribution in [0.25, 0.3) is 0 Å². The Kier molecular flexibility index (Phi) is 4.12. The summed E-state index contributed by atoms with van der Waals surface area (Å²) in [5.41, 5.74) is 0.764. The third-order valence-electron chi connectivity index (χ3n) is 2.24. The van der Waals surface area contributed by atoms with Crippen LogP contribution in [0.4, 0.5) is 0 Å². The lowest BCUT2D eigenvalue weighted by Crippen LogP contribution is -2.25. The van der Waals surface area contributed by atoms with E-state index in [0.717, 1.165) is 16.9 Å². The molecule has 0 saturated carbocycles. The van der Waals surface area contributed by atoms with Gasteiger partial charge in [-0.05, 0) is 28.9 Å². The van der Waals surface area contributed by atoms with Crippen molar-refractivity contribution in [3.63, 3.8) is 0 Å². The fourth-order valence-electron chi connectivity index (χ4n) is 1.32. The standard InChI is InChI=1S/C9H9BrClN3O2S2/c1-5(6-3-12-13-4-6)14-18(15,16)8-2-7(11)9(10)17-8/h2-5,14H,1H3,(H,12,13). The van der Waals surface area contributed by atoms with Crippen molar-refractivity contribution in [1.29, 1.82) is 0 Å². The van der Waals surface area contributed by atoms with Gasteiger partial charge in [0.2, 0.25) is 0 Å². The second kappa shape index (κ2) is 5.30. The zero-order valence-electron chi connectivity index (χ0n) is 9.15. The monoisotopic (exact) mass is 369 g/mol. The molecule has 0 spiro atoms. The number of sulfonamides is 1. The fraction of sp³-hybridized carbons (Fsp3) is 0.222. The maximum Gasteiger partial charge on any atom is 0.250 e. The molecule has 2 N–H and O–H groups in total. The molecule has 0 aliphatic carbocycles. The maximum absolute atomic E-state index is 12.1. The van der Waals surface area contributed by atoms with Gasteiger partial charge in [-0.15, -0.1) is 11.3 Å². The van der Waals surface area contributed by atoms with E-state index in [1.807, 2.05) is 0 Å². The molecule has 0 aliphatic heterocycles. The predicted molar refractivity (Wildman–Crippen MR) is 74.4 cm³/mol. The van der Waals surface area contributed by atoms with Crippen LogP contribution < -0.4 is 4.72 Å². The molecule has 0 saturated heterocycles. The van der Waals surface area contributed by atoms with Gasteiger partial charge in [-0.25, -0.2) is 13.1 Å². The lowest BCUT2D eigenvalue weighted by atomic mass is 10.2. The fourth-order valence-corrected chi connectivity index (χ4v) is 4.96. The minimum Gasteiger partial charge on any atom is -0.285 e. The van der Waals surface area contributed by atoms with Gasteiger partial charge in [-0.3, -0.25) is 5.10 Å². The van der Waals surface area contributed by atoms with E-state index in [1.165, 1.54) is 6.07 Å². The highest BCUT2D eigenvalue weighted by atomic mass is 79.9. The van der Waals surface area contributed by atoms with Crippen LogP contribution in [0.5, 0.6) is 0 Å². The molecular formula is C9H9BrClN3O2S2. The highest BCUT2D eigenvalue weighted by Gasteiger charge is 2.22. The minimum atomic E-state index is -3.57. The van der Waals surface area contributed by atoms with Crippen molar-refractivity contribution in [3.8, 4) is 0 Å². The predicted octanol–water partition coefficient (Wildman–Crippen LogP) is 2.93. The average Bonchev–Trinajstić information content (AvgIpc) is 2.89. The molecule has 9 heteroatoms. The first-order chi connectivity index (χ1) is 8.40. The second-order valence-electron chi connectivity index (χ2n) is 3.56. The third-order valence-corrected chi connectivity index (χ3v) is 6.73. The van der Waals surface area contributed by atoms with Crippen LogP contribution >= 0.6 is 38.9 Å². The molecule has 0 aliphatic rings. The van der Waals surface area contributed by atoms with Crippen LogP contribution in [0.2, 0.25) is 5.02 Å². The maximum atomic E-state index is 12.1. The Balaban J connectivity index is 2.22. The van der Waals surface area contributed by atoms with Crippen molar-refractivity contribution < 1.29 is 8.42 Å². The molecule has 2 aromatic rings. The number of rotatable bonds is 4. The van der Waals surface area contributed by atoms with Gasteiger partial charge in [0.05, 0.1) is 15.0 Å². The van der Waals surface area contributed by atoms with Crippen molar-refractivity contribution in [3.05, 3.63) is 32.8 Å². The SMILES string of the molecule is CC(NS(=O)(=O)c1cc(Cl)c(Br)s1)c1cn[nH]c1. The van der Waals surface area contributed by atoms with Crippen molar-refractivity contribution in [1.82, 2.24) is 14.9 Å². The molecule has 98 valence electrons. The second-order valence-corrected chi connectivity index (χ2v) is 8.28. The average molecular weight is 371 g/mol. The number of hydrogen-bond donors (Lipinski definition) is 2. The van der Waals surface area contributed by atoms with Crippen LogP contribution in [0.1, 0.15) is 18.5 Å². The van der Waals surface area contributed by atoms with Gasteiger partial charge in [0.25, 0.3) is 10.0 Å². The van der Waals surface area contributed by atoms with Crippen LogP contribution in [-0.4, -0.2) is 18.6 Å². The van der Waals surface area contributed by atoms with E-state index >= 15 is 0 Å². The highest BCUT2D eigenvalue weighted by molar-refractivity contribution is 9.11. The van der Waals surface area contributed by atoms with E-state index in [0.29, 0.717) is 8.81 Å². The summed E-state index contributed by atoms with van der Waals surface area (Å²) in [5.74, 6) is 0. The largest absolute Gasteiger partial charge is 0.285 e. The first-order valence-electron chi connectivity index (χ1n) is 4.86. The van der Waals surface area contributed by atoms with Crippen molar-refractivity contribution in [2.24, 2.45) is 0 Å². The van der Waals surface area contributed by atoms with Crippen LogP contribution in [0.15, 0.2) is 26.5 Å². The molecule has 0 amide bonds. The molecule has 1 atom stereocenters. The van der Waals surface area contributed by atoms with Gasteiger partial charge in [-0.2, -0.15) is 5.10 Å². The summed E-state index contributed by atoms with van der Waals surface area (Å²) in [6.07, 6.45) is 3.22. The first-order valence-corrected chi connectivity index (χ1v) is 8.33. The molecule has 2 heterocycles. The summed E-state index contributed by atoms with van der Waals surface area (Å²) in [4.78, 5) is 0. The number of thiophene rings is 1. The van der Waals surface area contributed by atoms with Crippen LogP contribution in [0.3, 0.4) is 0 Å². The van der Waals surface area contributed by atoms with Crippen LogP contribution in [-0.2, 0) is 10.0 Å². The van der Waals surface area contributed by atoms with E-state index in [-0.39, 0.29) is 10.3 Å². The summed E-state index contributed by atoms with van der Waals surface area (Å²) in [7, 11) is -3.57. The Morgan fingerprint density at radius 2 is 2.33 bits per heavy atom. The van der Waals surface area contributed by atoms with Crippen molar-refractivity contribution in [2.75, 3.05) is 0 Å². The highest BCUT2D eigenvalue weighted by Crippen LogP contribution is 2.34. The molecule has 2 rings (SSSR count). The lowest BCUT2D eigenvalue weighted by molar-refractivity contribution is 0.569. The van der Waals surface area contributed by atoms with Gasteiger partial charge in [0.15, 0.2) is 0 Å². The van der Waals surface area contributed by atoms with E-state index in [9.17, 15) is 8.42 Å². The van der Waals surface area contributed by atoms with Gasteiger partial charge in [0.1, 0.15) is 4.21 Å². The summed E-state index contributed by atoms with van der Waals surface area (Å²) in [6, 6.07) is 1.05. The summed E-state index contributed by atoms with van der Waals surface area (Å²) in [6.45, 7) is 1.74. The Hall–Kier alpha value is -0.410. The van der Waals surface area contributed by atoms with Gasteiger partial charge < -0.3 is 0 Å². The third kappa shape index (κ3) is 2.94. The number of nitrogens with one attached hydrogen (secondary N) is 2. The number of hydrogen-bond acceptors (Lipinski definition) is 4. The van der Waals surface area contributed by atoms with Gasteiger partial charge in [-0.1, -0.05) is 11.6 Å². The molecule has 18 heavy (non-hydrogen) atoms. The Bertz CT molecular complexity index is 619. The molecule has 5 nitrogen and oxygen atoms in total. The zero-order chi connectivity index (χ0) is 13.3. The number of aromatic amines is 1. The summed E-state index contributed by atoms with van der Waals surface area (Å²) < 4.78 is 27.5. The zero-order valence-corrected chi connectivity index (χ0v) is 13.1. The number of nitrogens with zero attached hydrogens (tertiary/aromatic N) is 1. The Morgan fingerprint density at radius 3 is 2.83 bits per heavy atom. The minimum absolute atomic E-state index is 0.176.